The lowest BCUT2D eigenvalue weighted by Gasteiger charge is -2.35. The summed E-state index contributed by atoms with van der Waals surface area (Å²) in [5, 5.41) is 8.87. The second kappa shape index (κ2) is 7.97. The van der Waals surface area contributed by atoms with E-state index in [1.165, 1.54) is 38.4 Å². The van der Waals surface area contributed by atoms with Gasteiger partial charge in [0, 0.05) is 38.7 Å². The van der Waals surface area contributed by atoms with E-state index in [1.807, 2.05) is 0 Å². The van der Waals surface area contributed by atoms with Crippen LogP contribution >= 0.6 is 0 Å². The van der Waals surface area contributed by atoms with Crippen molar-refractivity contribution >= 4 is 21.9 Å². The molecule has 1 atom stereocenters. The number of rotatable bonds is 6. The van der Waals surface area contributed by atoms with Crippen LogP contribution in [0.25, 0.3) is 0 Å². The summed E-state index contributed by atoms with van der Waals surface area (Å²) in [6.45, 7) is 0.598. The average Bonchev–Trinajstić information content (AvgIpc) is 2.59. The highest BCUT2D eigenvalue weighted by molar-refractivity contribution is 7.89. The Bertz CT molecular complexity index is 728. The van der Waals surface area contributed by atoms with Gasteiger partial charge in [0.15, 0.2) is 0 Å². The summed E-state index contributed by atoms with van der Waals surface area (Å²) in [6, 6.07) is 5.81. The van der Waals surface area contributed by atoms with E-state index in [0.717, 1.165) is 23.6 Å². The van der Waals surface area contributed by atoms with Crippen LogP contribution in [0.4, 0.5) is 0 Å². The molecule has 1 aliphatic heterocycles. The van der Waals surface area contributed by atoms with Gasteiger partial charge in [0.2, 0.25) is 10.0 Å². The fraction of sp³-hybridized carbons (Fsp3) is 0.529. The van der Waals surface area contributed by atoms with Gasteiger partial charge in [0.1, 0.15) is 0 Å². The second-order valence-electron chi connectivity index (χ2n) is 6.39. The van der Waals surface area contributed by atoms with Crippen molar-refractivity contribution in [3.05, 3.63) is 29.8 Å². The topological polar surface area (TPSA) is 95.0 Å². The molecule has 1 unspecified atom stereocenters. The molecule has 0 aliphatic carbocycles. The summed E-state index contributed by atoms with van der Waals surface area (Å²) in [4.78, 5) is 25.4. The van der Waals surface area contributed by atoms with E-state index in [9.17, 15) is 18.0 Å². The van der Waals surface area contributed by atoms with Crippen LogP contribution < -0.4 is 0 Å². The van der Waals surface area contributed by atoms with Gasteiger partial charge in [-0.3, -0.25) is 9.59 Å². The minimum Gasteiger partial charge on any atom is -0.481 e. The van der Waals surface area contributed by atoms with Gasteiger partial charge in [-0.25, -0.2) is 12.7 Å². The maximum atomic E-state index is 12.8. The zero-order valence-electron chi connectivity index (χ0n) is 14.5. The molecule has 1 heterocycles. The SMILES string of the molecule is CN(C)S(=O)(=O)c1ccc(C(=O)N2CCCCC2CCC(=O)O)cc1. The molecule has 1 fully saturated rings. The largest absolute Gasteiger partial charge is 0.481 e. The van der Waals surface area contributed by atoms with E-state index < -0.39 is 16.0 Å². The van der Waals surface area contributed by atoms with Gasteiger partial charge in [0.25, 0.3) is 5.91 Å². The molecule has 1 N–H and O–H groups in total. The lowest BCUT2D eigenvalue weighted by molar-refractivity contribution is -0.137. The van der Waals surface area contributed by atoms with Crippen molar-refractivity contribution in [1.82, 2.24) is 9.21 Å². The Balaban J connectivity index is 2.16. The number of likely N-dealkylation sites (tertiary alicyclic amines) is 1. The second-order valence-corrected chi connectivity index (χ2v) is 8.54. The van der Waals surface area contributed by atoms with Crippen molar-refractivity contribution in [1.29, 1.82) is 0 Å². The standard InChI is InChI=1S/C17H24N2O5S/c1-18(2)25(23,24)15-9-6-13(7-10-15)17(22)19-12-4-3-5-14(19)8-11-16(20)21/h6-7,9-10,14H,3-5,8,11-12H2,1-2H3,(H,20,21). The molecule has 1 aromatic rings. The van der Waals surface area contributed by atoms with Crippen LogP contribution in [0.1, 0.15) is 42.5 Å². The number of hydrogen-bond donors (Lipinski definition) is 1. The number of carbonyl (C=O) groups is 2. The van der Waals surface area contributed by atoms with Crippen LogP contribution in [0, 0.1) is 0 Å². The Labute approximate surface area is 148 Å². The Kier molecular flexibility index (Phi) is 6.18. The first kappa shape index (κ1) is 19.4. The number of amides is 1. The molecule has 0 aromatic heterocycles. The van der Waals surface area contributed by atoms with Gasteiger partial charge in [-0.2, -0.15) is 0 Å². The summed E-state index contributed by atoms with van der Waals surface area (Å²) in [5.41, 5.74) is 0.417. The van der Waals surface area contributed by atoms with E-state index >= 15 is 0 Å². The van der Waals surface area contributed by atoms with Gasteiger partial charge in [0.05, 0.1) is 4.90 Å². The van der Waals surface area contributed by atoms with Crippen LogP contribution in [-0.4, -0.2) is 61.3 Å². The molecule has 1 aliphatic rings. The number of carbonyl (C=O) groups excluding carboxylic acids is 1. The van der Waals surface area contributed by atoms with Crippen LogP contribution in [0.2, 0.25) is 0 Å². The molecule has 2 rings (SSSR count). The fourth-order valence-corrected chi connectivity index (χ4v) is 3.91. The maximum Gasteiger partial charge on any atom is 0.303 e. The summed E-state index contributed by atoms with van der Waals surface area (Å²) >= 11 is 0. The van der Waals surface area contributed by atoms with Crippen molar-refractivity contribution in [3.63, 3.8) is 0 Å². The molecule has 0 spiro atoms. The predicted molar refractivity (Wildman–Crippen MR) is 92.9 cm³/mol. The number of sulfonamides is 1. The van der Waals surface area contributed by atoms with Gasteiger partial charge in [-0.05, 0) is 49.9 Å². The summed E-state index contributed by atoms with van der Waals surface area (Å²) in [5.74, 6) is -1.04. The Morgan fingerprint density at radius 3 is 2.40 bits per heavy atom. The van der Waals surface area contributed by atoms with E-state index in [2.05, 4.69) is 0 Å². The third-order valence-corrected chi connectivity index (χ3v) is 6.29. The molecular formula is C17H24N2O5S. The molecular weight excluding hydrogens is 344 g/mol. The first-order chi connectivity index (χ1) is 11.7. The molecule has 0 bridgehead atoms. The van der Waals surface area contributed by atoms with E-state index in [0.29, 0.717) is 18.5 Å². The molecule has 25 heavy (non-hydrogen) atoms. The number of carboxylic acids is 1. The molecule has 1 saturated heterocycles. The predicted octanol–water partition coefficient (Wildman–Crippen LogP) is 1.80. The molecule has 7 nitrogen and oxygen atoms in total. The minimum absolute atomic E-state index is 0.0362. The molecule has 138 valence electrons. The first-order valence-corrected chi connectivity index (χ1v) is 9.73. The third-order valence-electron chi connectivity index (χ3n) is 4.46. The number of benzene rings is 1. The lowest BCUT2D eigenvalue weighted by Crippen LogP contribution is -2.44. The minimum atomic E-state index is -3.53. The van der Waals surface area contributed by atoms with E-state index in [1.54, 1.807) is 4.90 Å². The first-order valence-electron chi connectivity index (χ1n) is 8.29. The number of nitrogens with zero attached hydrogens (tertiary/aromatic N) is 2. The van der Waals surface area contributed by atoms with Gasteiger partial charge in [-0.1, -0.05) is 0 Å². The van der Waals surface area contributed by atoms with E-state index in [4.69, 9.17) is 5.11 Å². The number of carboxylic acid groups (broad SMARTS) is 1. The monoisotopic (exact) mass is 368 g/mol. The zero-order chi connectivity index (χ0) is 18.6. The van der Waals surface area contributed by atoms with Gasteiger partial charge < -0.3 is 10.0 Å². The lowest BCUT2D eigenvalue weighted by atomic mass is 9.97. The highest BCUT2D eigenvalue weighted by atomic mass is 32.2. The van der Waals surface area contributed by atoms with Crippen LogP contribution in [0.3, 0.4) is 0 Å². The van der Waals surface area contributed by atoms with Crippen molar-refractivity contribution < 1.29 is 23.1 Å². The Hall–Kier alpha value is -1.93. The fourth-order valence-electron chi connectivity index (χ4n) is 3.00. The highest BCUT2D eigenvalue weighted by Crippen LogP contribution is 2.24. The number of aliphatic carboxylic acids is 1. The Morgan fingerprint density at radius 1 is 1.20 bits per heavy atom. The molecule has 8 heteroatoms. The third kappa shape index (κ3) is 4.58. The van der Waals surface area contributed by atoms with Crippen LogP contribution in [0.15, 0.2) is 29.2 Å². The van der Waals surface area contributed by atoms with Crippen LogP contribution in [0.5, 0.6) is 0 Å². The number of piperidine rings is 1. The smallest absolute Gasteiger partial charge is 0.303 e. The number of hydrogen-bond acceptors (Lipinski definition) is 4. The van der Waals surface area contributed by atoms with Crippen molar-refractivity contribution in [2.75, 3.05) is 20.6 Å². The zero-order valence-corrected chi connectivity index (χ0v) is 15.3. The summed E-state index contributed by atoms with van der Waals surface area (Å²) in [7, 11) is -0.623. The van der Waals surface area contributed by atoms with Crippen molar-refractivity contribution in [2.24, 2.45) is 0 Å². The molecule has 1 amide bonds. The quantitative estimate of drug-likeness (QED) is 0.826. The normalized spacial score (nSPS) is 18.4. The highest BCUT2D eigenvalue weighted by Gasteiger charge is 2.28. The van der Waals surface area contributed by atoms with Gasteiger partial charge >= 0.3 is 5.97 Å². The molecule has 0 radical (unpaired) electrons. The Morgan fingerprint density at radius 2 is 1.84 bits per heavy atom. The van der Waals surface area contributed by atoms with Crippen molar-refractivity contribution in [3.8, 4) is 0 Å². The van der Waals surface area contributed by atoms with E-state index in [-0.39, 0.29) is 23.3 Å². The summed E-state index contributed by atoms with van der Waals surface area (Å²) in [6.07, 6.45) is 3.14. The summed E-state index contributed by atoms with van der Waals surface area (Å²) < 4.78 is 25.3. The molecule has 0 saturated carbocycles. The van der Waals surface area contributed by atoms with Crippen molar-refractivity contribution in [2.45, 2.75) is 43.0 Å². The van der Waals surface area contributed by atoms with Gasteiger partial charge in [-0.15, -0.1) is 0 Å². The van der Waals surface area contributed by atoms with Crippen LogP contribution in [-0.2, 0) is 14.8 Å². The maximum absolute atomic E-state index is 12.8. The average molecular weight is 368 g/mol. The molecule has 1 aromatic carbocycles.